The molecule has 0 atom stereocenters. The van der Waals surface area contributed by atoms with Crippen LogP contribution in [0.1, 0.15) is 0 Å². The van der Waals surface area contributed by atoms with Crippen LogP contribution in [0.4, 0.5) is 17.1 Å². The van der Waals surface area contributed by atoms with Gasteiger partial charge in [-0.1, -0.05) is 206 Å². The highest BCUT2D eigenvalue weighted by Crippen LogP contribution is 2.53. The molecule has 0 bridgehead atoms. The first-order valence-corrected chi connectivity index (χ1v) is 23.0. The normalized spacial score (nSPS) is 11.7. The average Bonchev–Trinajstić information content (AvgIpc) is 3.96. The summed E-state index contributed by atoms with van der Waals surface area (Å²) in [4.78, 5) is 2.54. The Morgan fingerprint density at radius 1 is 0.338 bits per heavy atom. The van der Waals surface area contributed by atoms with Crippen LogP contribution >= 0.6 is 11.3 Å². The van der Waals surface area contributed by atoms with Crippen molar-refractivity contribution in [1.29, 1.82) is 0 Å². The van der Waals surface area contributed by atoms with Gasteiger partial charge in [0.2, 0.25) is 0 Å². The molecule has 0 saturated heterocycles. The first-order chi connectivity index (χ1) is 32.3. The molecule has 0 unspecified atom stereocenters. The van der Waals surface area contributed by atoms with Crippen LogP contribution < -0.4 is 4.90 Å². The van der Waals surface area contributed by atoms with Crippen molar-refractivity contribution in [2.24, 2.45) is 0 Å². The Hall–Kier alpha value is -8.24. The molecule has 0 fully saturated rings. The molecule has 0 amide bonds. The van der Waals surface area contributed by atoms with Gasteiger partial charge in [-0.2, -0.15) is 0 Å². The lowest BCUT2D eigenvalue weighted by molar-refractivity contribution is 0.670. The maximum absolute atomic E-state index is 6.66. The zero-order valence-corrected chi connectivity index (χ0v) is 36.1. The predicted octanol–water partition coefficient (Wildman–Crippen LogP) is 18.4. The molecule has 2 aromatic heterocycles. The molecule has 0 aliphatic carbocycles. The van der Waals surface area contributed by atoms with Crippen molar-refractivity contribution >= 4 is 92.1 Å². The van der Waals surface area contributed by atoms with Gasteiger partial charge in [0, 0.05) is 64.3 Å². The Morgan fingerprint density at radius 3 is 1.72 bits per heavy atom. The highest BCUT2D eigenvalue weighted by molar-refractivity contribution is 7.26. The van der Waals surface area contributed by atoms with Crippen LogP contribution in [0.3, 0.4) is 0 Å². The summed E-state index contributed by atoms with van der Waals surface area (Å²) in [6, 6.07) is 86.1. The van der Waals surface area contributed by atoms with Crippen molar-refractivity contribution in [1.82, 2.24) is 0 Å². The molecule has 0 N–H and O–H groups in total. The van der Waals surface area contributed by atoms with E-state index in [1.54, 1.807) is 0 Å². The molecule has 13 rings (SSSR count). The molecule has 11 aromatic carbocycles. The highest BCUT2D eigenvalue weighted by Gasteiger charge is 2.27. The molecule has 3 heteroatoms. The fourth-order valence-electron chi connectivity index (χ4n) is 10.1. The van der Waals surface area contributed by atoms with Gasteiger partial charge in [0.25, 0.3) is 0 Å². The second-order valence-corrected chi connectivity index (χ2v) is 17.8. The molecular formula is C62H39NOS. The van der Waals surface area contributed by atoms with E-state index in [0.29, 0.717) is 0 Å². The number of furan rings is 1. The summed E-state index contributed by atoms with van der Waals surface area (Å²) < 4.78 is 9.24. The minimum Gasteiger partial charge on any atom is -0.455 e. The highest BCUT2D eigenvalue weighted by atomic mass is 32.1. The van der Waals surface area contributed by atoms with Crippen molar-refractivity contribution in [2.45, 2.75) is 0 Å². The van der Waals surface area contributed by atoms with Gasteiger partial charge in [-0.3, -0.25) is 0 Å². The van der Waals surface area contributed by atoms with Gasteiger partial charge in [0.05, 0.1) is 11.4 Å². The minimum absolute atomic E-state index is 0.891. The molecule has 2 heterocycles. The van der Waals surface area contributed by atoms with Gasteiger partial charge in [-0.25, -0.2) is 0 Å². The van der Waals surface area contributed by atoms with Gasteiger partial charge >= 0.3 is 0 Å². The third-order valence-corrected chi connectivity index (χ3v) is 14.3. The van der Waals surface area contributed by atoms with Gasteiger partial charge in [0.1, 0.15) is 11.2 Å². The number of benzene rings is 11. The molecule has 0 saturated carbocycles. The third-order valence-electron chi connectivity index (χ3n) is 13.1. The van der Waals surface area contributed by atoms with Crippen molar-refractivity contribution in [3.05, 3.63) is 237 Å². The van der Waals surface area contributed by atoms with Crippen LogP contribution in [0.15, 0.2) is 241 Å². The fourth-order valence-corrected chi connectivity index (χ4v) is 11.4. The number of fused-ring (bicyclic) bond motifs is 9. The van der Waals surface area contributed by atoms with Gasteiger partial charge < -0.3 is 9.32 Å². The summed E-state index contributed by atoms with van der Waals surface area (Å²) >= 11 is 1.87. The summed E-state index contributed by atoms with van der Waals surface area (Å²) in [7, 11) is 0. The van der Waals surface area contributed by atoms with E-state index < -0.39 is 0 Å². The van der Waals surface area contributed by atoms with E-state index in [9.17, 15) is 0 Å². The number of hydrogen-bond acceptors (Lipinski definition) is 3. The zero-order valence-electron chi connectivity index (χ0n) is 35.3. The first-order valence-electron chi connectivity index (χ1n) is 22.2. The molecular weight excluding hydrogens is 807 g/mol. The second kappa shape index (κ2) is 15.2. The maximum Gasteiger partial charge on any atom is 0.143 e. The molecule has 0 aliphatic heterocycles. The Bertz CT molecular complexity index is 3950. The number of hydrogen-bond donors (Lipinski definition) is 0. The quantitative estimate of drug-likeness (QED) is 0.149. The number of thiophene rings is 1. The largest absolute Gasteiger partial charge is 0.455 e. The molecule has 13 aromatic rings. The maximum atomic E-state index is 6.66. The van der Waals surface area contributed by atoms with Crippen molar-refractivity contribution in [3.8, 4) is 44.5 Å². The van der Waals surface area contributed by atoms with Crippen LogP contribution in [0, 0.1) is 0 Å². The van der Waals surface area contributed by atoms with E-state index >= 15 is 0 Å². The van der Waals surface area contributed by atoms with Crippen LogP contribution in [0.25, 0.3) is 108 Å². The third kappa shape index (κ3) is 6.08. The van der Waals surface area contributed by atoms with Crippen molar-refractivity contribution < 1.29 is 4.42 Å². The lowest BCUT2D eigenvalue weighted by Crippen LogP contribution is -2.13. The van der Waals surface area contributed by atoms with Crippen molar-refractivity contribution in [2.75, 3.05) is 4.90 Å². The lowest BCUT2D eigenvalue weighted by atomic mass is 9.88. The SMILES string of the molecule is c1ccc(-c2ccc(-c3c(N(c4cccc(-c5cccc6c5oc5ccccc56)c4)c4ccccc4-c4cccc5c4sc4ccccc45)c4ccccc4c4ccccc34)cc2)cc1. The number of para-hydroxylation sites is 3. The molecule has 65 heavy (non-hydrogen) atoms. The smallest absolute Gasteiger partial charge is 0.143 e. The second-order valence-electron chi connectivity index (χ2n) is 16.7. The lowest BCUT2D eigenvalue weighted by Gasteiger charge is -2.32. The Kier molecular flexibility index (Phi) is 8.75. The average molecular weight is 846 g/mol. The molecule has 304 valence electrons. The van der Waals surface area contributed by atoms with E-state index in [2.05, 4.69) is 235 Å². The van der Waals surface area contributed by atoms with E-state index in [0.717, 1.165) is 61.3 Å². The number of anilines is 3. The minimum atomic E-state index is 0.891. The molecule has 0 aliphatic rings. The van der Waals surface area contributed by atoms with E-state index in [-0.39, 0.29) is 0 Å². The topological polar surface area (TPSA) is 16.4 Å². The van der Waals surface area contributed by atoms with Crippen LogP contribution in [0.2, 0.25) is 0 Å². The van der Waals surface area contributed by atoms with E-state index in [1.807, 2.05) is 17.4 Å². The summed E-state index contributed by atoms with van der Waals surface area (Å²) in [5, 5.41) is 9.61. The molecule has 0 spiro atoms. The fraction of sp³-hybridized carbons (Fsp3) is 0. The standard InChI is InChI=1S/C62H39NOS/c1-2-17-40(18-3-1)41-35-37-42(38-36-41)59-51-26-6-4-21-46(51)47-22-5-7-27-52(47)60(59)63(44-20-14-19-43(39-44)45-28-15-29-53-49-24-9-12-33-57(49)64-61(45)53)56-32-11-8-23-48(56)54-30-16-31-55-50-25-10-13-34-58(50)65-62(54)55/h1-39H. The van der Waals surface area contributed by atoms with Crippen LogP contribution in [-0.4, -0.2) is 0 Å². The summed E-state index contributed by atoms with van der Waals surface area (Å²) in [5.41, 5.74) is 14.3. The van der Waals surface area contributed by atoms with Crippen molar-refractivity contribution in [3.63, 3.8) is 0 Å². The Labute approximate surface area is 380 Å². The summed E-state index contributed by atoms with van der Waals surface area (Å²) in [6.45, 7) is 0. The molecule has 0 radical (unpaired) electrons. The van der Waals surface area contributed by atoms with E-state index in [4.69, 9.17) is 4.42 Å². The van der Waals surface area contributed by atoms with Gasteiger partial charge in [-0.05, 0) is 68.7 Å². The summed E-state index contributed by atoms with van der Waals surface area (Å²) in [6.07, 6.45) is 0. The van der Waals surface area contributed by atoms with Crippen LogP contribution in [0.5, 0.6) is 0 Å². The zero-order chi connectivity index (χ0) is 42.8. The molecule has 2 nitrogen and oxygen atoms in total. The van der Waals surface area contributed by atoms with Gasteiger partial charge in [-0.15, -0.1) is 11.3 Å². The first kappa shape index (κ1) is 37.3. The van der Waals surface area contributed by atoms with Gasteiger partial charge in [0.15, 0.2) is 0 Å². The monoisotopic (exact) mass is 845 g/mol. The predicted molar refractivity (Wildman–Crippen MR) is 278 cm³/mol. The Morgan fingerprint density at radius 2 is 0.892 bits per heavy atom. The Balaban J connectivity index is 1.13. The van der Waals surface area contributed by atoms with Crippen LogP contribution in [-0.2, 0) is 0 Å². The van der Waals surface area contributed by atoms with E-state index in [1.165, 1.54) is 64.0 Å². The number of rotatable bonds is 7. The number of nitrogens with zero attached hydrogens (tertiary/aromatic N) is 1. The summed E-state index contributed by atoms with van der Waals surface area (Å²) in [5.74, 6) is 0.